The number of aryl methyl sites for hydroxylation is 1. The number of carbonyl (C=O) groups excluding carboxylic acids is 2. The van der Waals surface area contributed by atoms with E-state index < -0.39 is 11.9 Å². The maximum Gasteiger partial charge on any atom is 0.264 e. The van der Waals surface area contributed by atoms with E-state index in [9.17, 15) is 14.4 Å². The first-order chi connectivity index (χ1) is 21.9. The molecule has 2 N–H and O–H groups in total. The van der Waals surface area contributed by atoms with Gasteiger partial charge in [-0.15, -0.1) is 5.10 Å². The van der Waals surface area contributed by atoms with Crippen molar-refractivity contribution in [2.45, 2.75) is 39.3 Å². The molecule has 45 heavy (non-hydrogen) atoms. The lowest BCUT2D eigenvalue weighted by Gasteiger charge is -2.21. The van der Waals surface area contributed by atoms with Gasteiger partial charge in [0.25, 0.3) is 11.5 Å². The van der Waals surface area contributed by atoms with Gasteiger partial charge in [-0.3, -0.25) is 23.6 Å². The van der Waals surface area contributed by atoms with Crippen LogP contribution in [0.2, 0.25) is 0 Å². The molecule has 7 rings (SSSR count). The predicted octanol–water partition coefficient (Wildman–Crippen LogP) is 4.03. The summed E-state index contributed by atoms with van der Waals surface area (Å²) in [4.78, 5) is 44.4. The van der Waals surface area contributed by atoms with E-state index in [2.05, 4.69) is 37.7 Å². The number of benzene rings is 2. The standard InChI is InChI=1S/C34H28N8O3/c1-21(37-33(44)30-31(38-22(2)43)39-41-18-8-16-35-32(30)41)28-19-24-10-6-9-23(14-15-25-20-36-40-17-7-13-27(25)40)29(24)34(45)42(28)26-11-4-3-5-12-26/h3-6,8-12,16,18-21H,7,13,17H2,1-2H3,(H,37,44)(H,38,39,43). The number of fused-ring (bicyclic) bond motifs is 3. The van der Waals surface area contributed by atoms with Crippen LogP contribution >= 0.6 is 0 Å². The van der Waals surface area contributed by atoms with Crippen molar-refractivity contribution in [2.24, 2.45) is 0 Å². The molecule has 2 aromatic carbocycles. The first-order valence-corrected chi connectivity index (χ1v) is 14.6. The number of hydrogen-bond donors (Lipinski definition) is 2. The number of pyridine rings is 1. The fraction of sp³-hybridized carbons (Fsp3) is 0.176. The molecular formula is C34H28N8O3. The van der Waals surface area contributed by atoms with E-state index in [1.54, 1.807) is 36.1 Å². The van der Waals surface area contributed by atoms with E-state index in [1.807, 2.05) is 59.3 Å². The SMILES string of the molecule is CC(=O)Nc1nn2cccnc2c1C(=O)NC(C)c1cc2cccc(C#Cc3cnn4c3CCC4)c2c(=O)n1-c1ccccc1. The first kappa shape index (κ1) is 27.8. The van der Waals surface area contributed by atoms with Gasteiger partial charge in [-0.1, -0.05) is 42.2 Å². The fourth-order valence-corrected chi connectivity index (χ4v) is 5.84. The summed E-state index contributed by atoms with van der Waals surface area (Å²) in [6, 6.07) is 17.8. The Morgan fingerprint density at radius 3 is 2.67 bits per heavy atom. The second-order valence-corrected chi connectivity index (χ2v) is 10.9. The highest BCUT2D eigenvalue weighted by Crippen LogP contribution is 2.25. The summed E-state index contributed by atoms with van der Waals surface area (Å²) in [5, 5.41) is 15.6. The molecule has 0 saturated carbocycles. The van der Waals surface area contributed by atoms with Gasteiger partial charge < -0.3 is 10.6 Å². The second kappa shape index (κ2) is 11.2. The molecule has 1 unspecified atom stereocenters. The molecule has 222 valence electrons. The maximum absolute atomic E-state index is 14.4. The molecule has 0 radical (unpaired) electrons. The minimum absolute atomic E-state index is 0.0946. The van der Waals surface area contributed by atoms with Crippen LogP contribution in [0.1, 0.15) is 59.2 Å². The van der Waals surface area contributed by atoms with Crippen LogP contribution in [0, 0.1) is 11.8 Å². The van der Waals surface area contributed by atoms with E-state index in [0.717, 1.165) is 30.6 Å². The Morgan fingerprint density at radius 1 is 1.02 bits per heavy atom. The Labute approximate surface area is 257 Å². The third-order valence-corrected chi connectivity index (χ3v) is 7.86. The summed E-state index contributed by atoms with van der Waals surface area (Å²) in [6.45, 7) is 4.04. The highest BCUT2D eigenvalue weighted by molar-refractivity contribution is 6.07. The Morgan fingerprint density at radius 2 is 1.84 bits per heavy atom. The van der Waals surface area contributed by atoms with Crippen LogP contribution in [0.3, 0.4) is 0 Å². The summed E-state index contributed by atoms with van der Waals surface area (Å²) in [5.41, 5.74) is 3.98. The number of nitrogens with one attached hydrogen (secondary N) is 2. The first-order valence-electron chi connectivity index (χ1n) is 14.6. The number of aromatic nitrogens is 6. The lowest BCUT2D eigenvalue weighted by atomic mass is 10.0. The monoisotopic (exact) mass is 596 g/mol. The van der Waals surface area contributed by atoms with Crippen LogP contribution < -0.4 is 16.2 Å². The third kappa shape index (κ3) is 5.02. The quantitative estimate of drug-likeness (QED) is 0.289. The average molecular weight is 597 g/mol. The van der Waals surface area contributed by atoms with Gasteiger partial charge in [0, 0.05) is 42.8 Å². The molecule has 11 nitrogen and oxygen atoms in total. The summed E-state index contributed by atoms with van der Waals surface area (Å²) in [6.07, 6.45) is 6.96. The highest BCUT2D eigenvalue weighted by atomic mass is 16.2. The molecule has 0 aliphatic carbocycles. The molecule has 4 aromatic heterocycles. The van der Waals surface area contributed by atoms with E-state index in [4.69, 9.17) is 0 Å². The van der Waals surface area contributed by atoms with Crippen LogP contribution in [-0.2, 0) is 17.8 Å². The molecule has 0 saturated heterocycles. The molecule has 5 heterocycles. The third-order valence-electron chi connectivity index (χ3n) is 7.86. The van der Waals surface area contributed by atoms with E-state index in [1.165, 1.54) is 11.4 Å². The topological polar surface area (TPSA) is 128 Å². The van der Waals surface area contributed by atoms with Gasteiger partial charge in [0.2, 0.25) is 5.91 Å². The highest BCUT2D eigenvalue weighted by Gasteiger charge is 2.25. The zero-order chi connectivity index (χ0) is 31.1. The molecule has 2 amide bonds. The van der Waals surface area contributed by atoms with Gasteiger partial charge in [-0.25, -0.2) is 9.50 Å². The number of hydrogen-bond acceptors (Lipinski definition) is 6. The van der Waals surface area contributed by atoms with Crippen molar-refractivity contribution in [1.82, 2.24) is 34.3 Å². The van der Waals surface area contributed by atoms with Crippen LogP contribution in [0.25, 0.3) is 22.1 Å². The minimum atomic E-state index is -0.636. The zero-order valence-electron chi connectivity index (χ0n) is 24.6. The molecule has 1 atom stereocenters. The van der Waals surface area contributed by atoms with Gasteiger partial charge in [-0.05, 0) is 55.5 Å². The summed E-state index contributed by atoms with van der Waals surface area (Å²) < 4.78 is 5.03. The minimum Gasteiger partial charge on any atom is -0.344 e. The maximum atomic E-state index is 14.4. The molecule has 0 spiro atoms. The number of carbonyl (C=O) groups is 2. The van der Waals surface area contributed by atoms with E-state index >= 15 is 0 Å². The molecule has 1 aliphatic rings. The van der Waals surface area contributed by atoms with E-state index in [0.29, 0.717) is 27.7 Å². The van der Waals surface area contributed by atoms with E-state index in [-0.39, 0.29) is 28.5 Å². The van der Waals surface area contributed by atoms with Crippen LogP contribution in [0.5, 0.6) is 0 Å². The number of anilines is 1. The number of nitrogens with zero attached hydrogens (tertiary/aromatic N) is 6. The van der Waals surface area contributed by atoms with Crippen molar-refractivity contribution >= 4 is 34.1 Å². The molecule has 11 heteroatoms. The van der Waals surface area contributed by atoms with Gasteiger partial charge in [0.1, 0.15) is 5.56 Å². The lowest BCUT2D eigenvalue weighted by molar-refractivity contribution is -0.114. The Hall–Kier alpha value is -6.02. The van der Waals surface area contributed by atoms with Crippen molar-refractivity contribution in [1.29, 1.82) is 0 Å². The summed E-state index contributed by atoms with van der Waals surface area (Å²) in [7, 11) is 0. The fourth-order valence-electron chi connectivity index (χ4n) is 5.84. The molecule has 0 bridgehead atoms. The van der Waals surface area contributed by atoms with Crippen molar-refractivity contribution in [3.63, 3.8) is 0 Å². The van der Waals surface area contributed by atoms with Crippen molar-refractivity contribution in [2.75, 3.05) is 5.32 Å². The normalized spacial score (nSPS) is 12.8. The Bertz CT molecular complexity index is 2250. The number of para-hydroxylation sites is 1. The Balaban J connectivity index is 1.33. The summed E-state index contributed by atoms with van der Waals surface area (Å²) >= 11 is 0. The van der Waals surface area contributed by atoms with Crippen molar-refractivity contribution < 1.29 is 9.59 Å². The number of rotatable bonds is 5. The molecular weight excluding hydrogens is 568 g/mol. The lowest BCUT2D eigenvalue weighted by Crippen LogP contribution is -2.32. The smallest absolute Gasteiger partial charge is 0.264 e. The second-order valence-electron chi connectivity index (χ2n) is 10.9. The van der Waals surface area contributed by atoms with Crippen molar-refractivity contribution in [3.05, 3.63) is 118 Å². The number of amides is 2. The molecule has 1 aliphatic heterocycles. The van der Waals surface area contributed by atoms with Gasteiger partial charge in [0.15, 0.2) is 11.5 Å². The largest absolute Gasteiger partial charge is 0.344 e. The zero-order valence-corrected chi connectivity index (χ0v) is 24.6. The van der Waals surface area contributed by atoms with Gasteiger partial charge >= 0.3 is 0 Å². The average Bonchev–Trinajstić information content (AvgIpc) is 3.75. The molecule has 0 fully saturated rings. The van der Waals surface area contributed by atoms with Crippen LogP contribution in [-0.4, -0.2) is 40.8 Å². The van der Waals surface area contributed by atoms with Crippen LogP contribution in [0.15, 0.2) is 84.0 Å². The summed E-state index contributed by atoms with van der Waals surface area (Å²) in [5.74, 6) is 5.71. The van der Waals surface area contributed by atoms with Crippen LogP contribution in [0.4, 0.5) is 5.82 Å². The van der Waals surface area contributed by atoms with Crippen molar-refractivity contribution in [3.8, 4) is 17.5 Å². The van der Waals surface area contributed by atoms with Gasteiger partial charge in [0.05, 0.1) is 28.9 Å². The predicted molar refractivity (Wildman–Crippen MR) is 169 cm³/mol. The molecule has 6 aromatic rings. The van der Waals surface area contributed by atoms with Gasteiger partial charge in [-0.2, -0.15) is 5.10 Å². The Kier molecular flexibility index (Phi) is 6.94.